The summed E-state index contributed by atoms with van der Waals surface area (Å²) in [4.78, 5) is 22.7. The van der Waals surface area contributed by atoms with Gasteiger partial charge in [0.2, 0.25) is 5.91 Å². The average Bonchev–Trinajstić information content (AvgIpc) is 2.29. The first kappa shape index (κ1) is 13.3. The Labute approximate surface area is 99.7 Å². The van der Waals surface area contributed by atoms with Crippen molar-refractivity contribution in [3.63, 3.8) is 0 Å². The van der Waals surface area contributed by atoms with Crippen molar-refractivity contribution in [1.29, 1.82) is 0 Å². The van der Waals surface area contributed by atoms with E-state index < -0.39 is 12.0 Å². The van der Waals surface area contributed by atoms with E-state index in [1.54, 1.807) is 6.92 Å². The first-order chi connectivity index (χ1) is 7.63. The molecule has 0 aliphatic carbocycles. The molecule has 1 saturated heterocycles. The number of ether oxygens (including phenoxy) is 1. The van der Waals surface area contributed by atoms with E-state index in [2.05, 4.69) is 15.4 Å². The van der Waals surface area contributed by atoms with Gasteiger partial charge in [0.1, 0.15) is 6.04 Å². The molecule has 6 heteroatoms. The molecule has 1 fully saturated rings. The third kappa shape index (κ3) is 4.40. The molecule has 1 amide bonds. The Morgan fingerprint density at radius 3 is 2.94 bits per heavy atom. The van der Waals surface area contributed by atoms with Gasteiger partial charge in [0.05, 0.1) is 7.11 Å². The number of esters is 1. The van der Waals surface area contributed by atoms with Gasteiger partial charge in [-0.05, 0) is 6.92 Å². The maximum absolute atomic E-state index is 11.6. The highest BCUT2D eigenvalue weighted by atomic mass is 32.2. The number of methoxy groups -OCH3 is 1. The average molecular weight is 246 g/mol. The van der Waals surface area contributed by atoms with E-state index in [4.69, 9.17) is 0 Å². The number of carbonyl (C=O) groups is 2. The summed E-state index contributed by atoms with van der Waals surface area (Å²) in [6.45, 7) is 2.56. The van der Waals surface area contributed by atoms with Gasteiger partial charge in [-0.25, -0.2) is 4.79 Å². The lowest BCUT2D eigenvalue weighted by Gasteiger charge is -2.23. The van der Waals surface area contributed by atoms with Crippen LogP contribution < -0.4 is 10.6 Å². The molecule has 1 aliphatic heterocycles. The standard InChI is InChI=1S/C10H18N2O3S/c1-7(10(14)15-2)12-9(13)5-8-6-16-4-3-11-8/h7-8,11H,3-6H2,1-2H3,(H,12,13)/t7-,8?/m1/s1. The van der Waals surface area contributed by atoms with Gasteiger partial charge in [-0.3, -0.25) is 4.79 Å². The maximum Gasteiger partial charge on any atom is 0.328 e. The Kier molecular flexibility index (Phi) is 5.62. The monoisotopic (exact) mass is 246 g/mol. The second kappa shape index (κ2) is 6.75. The molecule has 5 nitrogen and oxygen atoms in total. The van der Waals surface area contributed by atoms with E-state index in [1.165, 1.54) is 7.11 Å². The zero-order valence-corrected chi connectivity index (χ0v) is 10.4. The zero-order valence-electron chi connectivity index (χ0n) is 9.62. The number of thioether (sulfide) groups is 1. The predicted molar refractivity (Wildman–Crippen MR) is 63.4 cm³/mol. The van der Waals surface area contributed by atoms with Crippen LogP contribution in [0, 0.1) is 0 Å². The lowest BCUT2D eigenvalue weighted by Crippen LogP contribution is -2.45. The molecule has 0 radical (unpaired) electrons. The number of carbonyl (C=O) groups excluding carboxylic acids is 2. The lowest BCUT2D eigenvalue weighted by atomic mass is 10.2. The van der Waals surface area contributed by atoms with Gasteiger partial charge in [-0.1, -0.05) is 0 Å². The Bertz CT molecular complexity index is 254. The molecule has 1 rings (SSSR count). The van der Waals surface area contributed by atoms with E-state index in [1.807, 2.05) is 11.8 Å². The molecule has 0 aromatic heterocycles. The molecule has 92 valence electrons. The number of rotatable bonds is 4. The highest BCUT2D eigenvalue weighted by molar-refractivity contribution is 7.99. The van der Waals surface area contributed by atoms with Crippen molar-refractivity contribution in [3.05, 3.63) is 0 Å². The van der Waals surface area contributed by atoms with Gasteiger partial charge in [-0.15, -0.1) is 0 Å². The van der Waals surface area contributed by atoms with E-state index in [9.17, 15) is 9.59 Å². The van der Waals surface area contributed by atoms with Crippen LogP contribution in [0.4, 0.5) is 0 Å². The third-order valence-electron chi connectivity index (χ3n) is 2.36. The van der Waals surface area contributed by atoms with Gasteiger partial charge in [-0.2, -0.15) is 11.8 Å². The van der Waals surface area contributed by atoms with E-state index >= 15 is 0 Å². The minimum atomic E-state index is -0.575. The van der Waals surface area contributed by atoms with E-state index in [0.717, 1.165) is 18.1 Å². The fraction of sp³-hybridized carbons (Fsp3) is 0.800. The third-order valence-corrected chi connectivity index (χ3v) is 3.49. The fourth-order valence-electron chi connectivity index (χ4n) is 1.51. The Balaban J connectivity index is 2.26. The zero-order chi connectivity index (χ0) is 12.0. The van der Waals surface area contributed by atoms with E-state index in [-0.39, 0.29) is 11.9 Å². The van der Waals surface area contributed by atoms with Crippen LogP contribution in [-0.2, 0) is 14.3 Å². The predicted octanol–water partition coefficient (Wildman–Crippen LogP) is -0.241. The normalized spacial score (nSPS) is 22.2. The van der Waals surface area contributed by atoms with Gasteiger partial charge < -0.3 is 15.4 Å². The molecule has 0 aromatic rings. The molecule has 16 heavy (non-hydrogen) atoms. The summed E-state index contributed by atoms with van der Waals surface area (Å²) in [5, 5.41) is 5.88. The molecule has 2 N–H and O–H groups in total. The number of hydrogen-bond acceptors (Lipinski definition) is 5. The van der Waals surface area contributed by atoms with Crippen molar-refractivity contribution >= 4 is 23.6 Å². The Morgan fingerprint density at radius 1 is 1.62 bits per heavy atom. The van der Waals surface area contributed by atoms with Crippen molar-refractivity contribution < 1.29 is 14.3 Å². The molecule has 1 heterocycles. The van der Waals surface area contributed by atoms with Crippen molar-refractivity contribution in [1.82, 2.24) is 10.6 Å². The summed E-state index contributed by atoms with van der Waals surface area (Å²) in [5.41, 5.74) is 0. The number of nitrogens with one attached hydrogen (secondary N) is 2. The van der Waals surface area contributed by atoms with Gasteiger partial charge in [0.15, 0.2) is 0 Å². The van der Waals surface area contributed by atoms with Crippen LogP contribution in [0.25, 0.3) is 0 Å². The lowest BCUT2D eigenvalue weighted by molar-refractivity contribution is -0.144. The highest BCUT2D eigenvalue weighted by Gasteiger charge is 2.20. The minimum Gasteiger partial charge on any atom is -0.467 e. The maximum atomic E-state index is 11.6. The summed E-state index contributed by atoms with van der Waals surface area (Å²) < 4.78 is 4.53. The second-order valence-electron chi connectivity index (χ2n) is 3.74. The number of hydrogen-bond donors (Lipinski definition) is 2. The SMILES string of the molecule is COC(=O)[C@@H](C)NC(=O)CC1CSCCN1. The molecule has 0 aromatic carbocycles. The summed E-state index contributed by atoms with van der Waals surface area (Å²) in [7, 11) is 1.31. The molecular formula is C10H18N2O3S. The van der Waals surface area contributed by atoms with Crippen molar-refractivity contribution in [2.45, 2.75) is 25.4 Å². The number of amides is 1. The van der Waals surface area contributed by atoms with Crippen molar-refractivity contribution in [2.24, 2.45) is 0 Å². The van der Waals surface area contributed by atoms with Gasteiger partial charge in [0.25, 0.3) is 0 Å². The largest absolute Gasteiger partial charge is 0.467 e. The topological polar surface area (TPSA) is 67.4 Å². The summed E-state index contributed by atoms with van der Waals surface area (Å²) in [6.07, 6.45) is 0.411. The molecule has 1 unspecified atom stereocenters. The molecule has 0 saturated carbocycles. The highest BCUT2D eigenvalue weighted by Crippen LogP contribution is 2.10. The summed E-state index contributed by atoms with van der Waals surface area (Å²) >= 11 is 1.84. The molecular weight excluding hydrogens is 228 g/mol. The molecule has 0 bridgehead atoms. The van der Waals surface area contributed by atoms with Crippen LogP contribution >= 0.6 is 11.8 Å². The summed E-state index contributed by atoms with van der Waals surface area (Å²) in [6, 6.07) is -0.364. The molecule has 2 atom stereocenters. The smallest absolute Gasteiger partial charge is 0.328 e. The first-order valence-corrected chi connectivity index (χ1v) is 6.47. The van der Waals surface area contributed by atoms with Crippen LogP contribution in [-0.4, -0.2) is 49.1 Å². The van der Waals surface area contributed by atoms with Crippen molar-refractivity contribution in [3.8, 4) is 0 Å². The molecule has 0 spiro atoms. The van der Waals surface area contributed by atoms with E-state index in [0.29, 0.717) is 6.42 Å². The second-order valence-corrected chi connectivity index (χ2v) is 4.89. The fourth-order valence-corrected chi connectivity index (χ4v) is 2.46. The van der Waals surface area contributed by atoms with Gasteiger partial charge >= 0.3 is 5.97 Å². The van der Waals surface area contributed by atoms with Crippen LogP contribution in [0.2, 0.25) is 0 Å². The van der Waals surface area contributed by atoms with Crippen LogP contribution in [0.3, 0.4) is 0 Å². The minimum absolute atomic E-state index is 0.113. The summed E-state index contributed by atoms with van der Waals surface area (Å²) in [5.74, 6) is 1.51. The van der Waals surface area contributed by atoms with Crippen LogP contribution in [0.1, 0.15) is 13.3 Å². The Hall–Kier alpha value is -0.750. The first-order valence-electron chi connectivity index (χ1n) is 5.31. The quantitative estimate of drug-likeness (QED) is 0.670. The van der Waals surface area contributed by atoms with Crippen LogP contribution in [0.15, 0.2) is 0 Å². The Morgan fingerprint density at radius 2 is 2.38 bits per heavy atom. The van der Waals surface area contributed by atoms with Crippen LogP contribution in [0.5, 0.6) is 0 Å². The molecule has 1 aliphatic rings. The van der Waals surface area contributed by atoms with Crippen molar-refractivity contribution in [2.75, 3.05) is 25.2 Å². The van der Waals surface area contributed by atoms with Gasteiger partial charge in [0, 0.05) is 30.5 Å².